The number of furan rings is 1. The van der Waals surface area contributed by atoms with Crippen molar-refractivity contribution in [3.05, 3.63) is 58.4 Å². The van der Waals surface area contributed by atoms with Crippen LogP contribution < -0.4 is 5.32 Å². The van der Waals surface area contributed by atoms with Gasteiger partial charge in [0.2, 0.25) is 0 Å². The number of hydrogen-bond acceptors (Lipinski definition) is 4. The summed E-state index contributed by atoms with van der Waals surface area (Å²) in [6, 6.07) is 8.82. The average Bonchev–Trinajstić information content (AvgIpc) is 3.10. The van der Waals surface area contributed by atoms with Crippen molar-refractivity contribution in [1.29, 1.82) is 0 Å². The molecule has 0 spiro atoms. The van der Waals surface area contributed by atoms with Crippen LogP contribution in [0.15, 0.2) is 46.2 Å². The smallest absolute Gasteiger partial charge is 0.291 e. The quantitative estimate of drug-likeness (QED) is 0.792. The average molecular weight is 302 g/mol. The van der Waals surface area contributed by atoms with Crippen LogP contribution in [-0.4, -0.2) is 10.9 Å². The number of hydrogen-bond donors (Lipinski definition) is 1. The molecule has 6 heteroatoms. The predicted octanol–water partition coefficient (Wildman–Crippen LogP) is 4.10. The van der Waals surface area contributed by atoms with Crippen LogP contribution in [0.4, 0.5) is 10.1 Å². The van der Waals surface area contributed by atoms with Crippen molar-refractivity contribution in [3.63, 3.8) is 0 Å². The second kappa shape index (κ2) is 5.49. The van der Waals surface area contributed by atoms with E-state index in [0.29, 0.717) is 17.1 Å². The minimum Gasteiger partial charge on any atom is -0.449 e. The van der Waals surface area contributed by atoms with E-state index in [-0.39, 0.29) is 17.5 Å². The number of rotatable bonds is 3. The Bertz CT molecular complexity index is 777. The number of halogens is 1. The van der Waals surface area contributed by atoms with E-state index in [1.807, 2.05) is 12.3 Å². The lowest BCUT2D eigenvalue weighted by atomic mass is 10.3. The molecule has 1 amide bonds. The lowest BCUT2D eigenvalue weighted by molar-refractivity contribution is 0.0997. The number of carbonyl (C=O) groups is 1. The van der Waals surface area contributed by atoms with Crippen molar-refractivity contribution in [1.82, 2.24) is 4.98 Å². The molecule has 3 aromatic rings. The van der Waals surface area contributed by atoms with E-state index in [0.717, 1.165) is 5.01 Å². The summed E-state index contributed by atoms with van der Waals surface area (Å²) in [6.45, 7) is 1.90. The SMILES string of the molecule is Cc1nc(-c2ccc(C(=O)Nc3ccc(F)cc3)o2)cs1. The van der Waals surface area contributed by atoms with Crippen LogP contribution in [0.1, 0.15) is 15.6 Å². The minimum atomic E-state index is -0.389. The van der Waals surface area contributed by atoms with Gasteiger partial charge in [-0.3, -0.25) is 4.79 Å². The van der Waals surface area contributed by atoms with E-state index in [4.69, 9.17) is 4.42 Å². The first-order valence-corrected chi connectivity index (χ1v) is 7.09. The number of aryl methyl sites for hydroxylation is 1. The van der Waals surface area contributed by atoms with Gasteiger partial charge in [0.15, 0.2) is 11.5 Å². The molecule has 0 unspecified atom stereocenters. The van der Waals surface area contributed by atoms with E-state index in [1.54, 1.807) is 12.1 Å². The van der Waals surface area contributed by atoms with Gasteiger partial charge in [0.05, 0.1) is 5.01 Å². The fourth-order valence-corrected chi connectivity index (χ4v) is 2.40. The number of thiazole rings is 1. The first-order valence-electron chi connectivity index (χ1n) is 6.21. The maximum atomic E-state index is 12.8. The number of nitrogens with zero attached hydrogens (tertiary/aromatic N) is 1. The van der Waals surface area contributed by atoms with Gasteiger partial charge in [-0.05, 0) is 43.3 Å². The number of anilines is 1. The summed E-state index contributed by atoms with van der Waals surface area (Å²) in [4.78, 5) is 16.3. The monoisotopic (exact) mass is 302 g/mol. The van der Waals surface area contributed by atoms with E-state index >= 15 is 0 Å². The predicted molar refractivity (Wildman–Crippen MR) is 78.9 cm³/mol. The molecule has 2 heterocycles. The van der Waals surface area contributed by atoms with Crippen molar-refractivity contribution in [3.8, 4) is 11.5 Å². The van der Waals surface area contributed by atoms with Gasteiger partial charge in [-0.1, -0.05) is 0 Å². The van der Waals surface area contributed by atoms with Gasteiger partial charge >= 0.3 is 0 Å². The Balaban J connectivity index is 1.76. The Morgan fingerprint density at radius 1 is 1.24 bits per heavy atom. The summed E-state index contributed by atoms with van der Waals surface area (Å²) in [5.41, 5.74) is 1.21. The normalized spacial score (nSPS) is 10.6. The summed E-state index contributed by atoms with van der Waals surface area (Å²) >= 11 is 1.51. The highest BCUT2D eigenvalue weighted by Crippen LogP contribution is 2.24. The van der Waals surface area contributed by atoms with Crippen molar-refractivity contribution in [2.75, 3.05) is 5.32 Å². The Kier molecular flexibility index (Phi) is 3.53. The molecule has 1 N–H and O–H groups in total. The molecule has 1 aromatic carbocycles. The maximum absolute atomic E-state index is 12.8. The third-order valence-corrected chi connectivity index (χ3v) is 3.58. The van der Waals surface area contributed by atoms with Crippen LogP contribution in [0, 0.1) is 12.7 Å². The first-order chi connectivity index (χ1) is 10.1. The number of benzene rings is 1. The number of carbonyl (C=O) groups excluding carboxylic acids is 1. The van der Waals surface area contributed by atoms with Crippen LogP contribution in [0.5, 0.6) is 0 Å². The molecule has 0 aliphatic rings. The van der Waals surface area contributed by atoms with Gasteiger partial charge in [0.25, 0.3) is 5.91 Å². The standard InChI is InChI=1S/C15H11FN2O2S/c1-9-17-12(8-21-9)13-6-7-14(20-13)15(19)18-11-4-2-10(16)3-5-11/h2-8H,1H3,(H,18,19). The molecule has 0 fully saturated rings. The van der Waals surface area contributed by atoms with Gasteiger partial charge in [0, 0.05) is 11.1 Å². The van der Waals surface area contributed by atoms with Gasteiger partial charge < -0.3 is 9.73 Å². The molecule has 0 aliphatic heterocycles. The highest BCUT2D eigenvalue weighted by Gasteiger charge is 2.14. The molecule has 2 aromatic heterocycles. The molecule has 0 saturated carbocycles. The molecular weight excluding hydrogens is 291 g/mol. The highest BCUT2D eigenvalue weighted by atomic mass is 32.1. The highest BCUT2D eigenvalue weighted by molar-refractivity contribution is 7.09. The summed E-state index contributed by atoms with van der Waals surface area (Å²) in [5, 5.41) is 5.44. The van der Waals surface area contributed by atoms with Gasteiger partial charge in [-0.15, -0.1) is 11.3 Å². The van der Waals surface area contributed by atoms with Crippen LogP contribution in [0.3, 0.4) is 0 Å². The molecule has 0 bridgehead atoms. The molecule has 21 heavy (non-hydrogen) atoms. The molecule has 0 atom stereocenters. The molecule has 4 nitrogen and oxygen atoms in total. The summed E-state index contributed by atoms with van der Waals surface area (Å²) in [5.74, 6) is -0.0180. The second-order valence-corrected chi connectivity index (χ2v) is 5.44. The second-order valence-electron chi connectivity index (χ2n) is 4.38. The van der Waals surface area contributed by atoms with E-state index < -0.39 is 0 Å². The van der Waals surface area contributed by atoms with E-state index in [2.05, 4.69) is 10.3 Å². The fraction of sp³-hybridized carbons (Fsp3) is 0.0667. The molecular formula is C15H11FN2O2S. The molecule has 106 valence electrons. The Hall–Kier alpha value is -2.47. The van der Waals surface area contributed by atoms with Crippen LogP contribution in [-0.2, 0) is 0 Å². The Morgan fingerprint density at radius 2 is 2.00 bits per heavy atom. The number of amides is 1. The topological polar surface area (TPSA) is 55.1 Å². The lowest BCUT2D eigenvalue weighted by Gasteiger charge is -2.02. The number of aromatic nitrogens is 1. The minimum absolute atomic E-state index is 0.181. The third-order valence-electron chi connectivity index (χ3n) is 2.80. The summed E-state index contributed by atoms with van der Waals surface area (Å²) in [6.07, 6.45) is 0. The molecule has 0 saturated heterocycles. The van der Waals surface area contributed by atoms with E-state index in [1.165, 1.54) is 35.6 Å². The van der Waals surface area contributed by atoms with Gasteiger partial charge in [-0.2, -0.15) is 0 Å². The van der Waals surface area contributed by atoms with Crippen LogP contribution in [0.25, 0.3) is 11.5 Å². The maximum Gasteiger partial charge on any atom is 0.291 e. The zero-order valence-electron chi connectivity index (χ0n) is 11.1. The largest absolute Gasteiger partial charge is 0.449 e. The first kappa shape index (κ1) is 13.5. The fourth-order valence-electron chi connectivity index (χ4n) is 1.80. The lowest BCUT2D eigenvalue weighted by Crippen LogP contribution is -2.10. The Labute approximate surface area is 124 Å². The van der Waals surface area contributed by atoms with E-state index in [9.17, 15) is 9.18 Å². The van der Waals surface area contributed by atoms with Crippen LogP contribution in [0.2, 0.25) is 0 Å². The molecule has 0 radical (unpaired) electrons. The molecule has 0 aliphatic carbocycles. The summed E-state index contributed by atoms with van der Waals surface area (Å²) < 4.78 is 18.3. The van der Waals surface area contributed by atoms with Crippen molar-refractivity contribution in [2.45, 2.75) is 6.92 Å². The third kappa shape index (κ3) is 3.00. The molecule has 3 rings (SSSR count). The van der Waals surface area contributed by atoms with Crippen molar-refractivity contribution < 1.29 is 13.6 Å². The van der Waals surface area contributed by atoms with Gasteiger partial charge in [-0.25, -0.2) is 9.37 Å². The van der Waals surface area contributed by atoms with Gasteiger partial charge in [0.1, 0.15) is 11.5 Å². The Morgan fingerprint density at radius 3 is 2.67 bits per heavy atom. The zero-order chi connectivity index (χ0) is 14.8. The number of nitrogens with one attached hydrogen (secondary N) is 1. The van der Waals surface area contributed by atoms with Crippen molar-refractivity contribution >= 4 is 22.9 Å². The van der Waals surface area contributed by atoms with Crippen molar-refractivity contribution in [2.24, 2.45) is 0 Å². The zero-order valence-corrected chi connectivity index (χ0v) is 11.9. The summed E-state index contributed by atoms with van der Waals surface area (Å²) in [7, 11) is 0. The van der Waals surface area contributed by atoms with Crippen LogP contribution >= 0.6 is 11.3 Å².